The molecule has 0 radical (unpaired) electrons. The number of hydrogen-bond acceptors (Lipinski definition) is 4. The largest absolute Gasteiger partial charge is 0.430 e. The van der Waals surface area contributed by atoms with Crippen LogP contribution in [0.25, 0.3) is 5.57 Å². The van der Waals surface area contributed by atoms with Crippen molar-refractivity contribution in [2.24, 2.45) is 17.3 Å². The summed E-state index contributed by atoms with van der Waals surface area (Å²) in [5.41, 5.74) is 4.19. The topological polar surface area (TPSA) is 52.6 Å². The van der Waals surface area contributed by atoms with E-state index in [9.17, 15) is 9.59 Å². The predicted octanol–water partition coefficient (Wildman–Crippen LogP) is 5.32. The van der Waals surface area contributed by atoms with Gasteiger partial charge in [-0.15, -0.1) is 0 Å². The lowest BCUT2D eigenvalue weighted by Crippen LogP contribution is -2.23. The maximum absolute atomic E-state index is 13.5. The van der Waals surface area contributed by atoms with Crippen molar-refractivity contribution >= 4 is 17.3 Å². The van der Waals surface area contributed by atoms with Crippen LogP contribution >= 0.6 is 0 Å². The zero-order chi connectivity index (χ0) is 21.3. The van der Waals surface area contributed by atoms with E-state index in [4.69, 9.17) is 9.47 Å². The third-order valence-electron chi connectivity index (χ3n) is 5.96. The van der Waals surface area contributed by atoms with Crippen LogP contribution in [0.5, 0.6) is 0 Å². The van der Waals surface area contributed by atoms with Crippen molar-refractivity contribution in [3.63, 3.8) is 0 Å². The van der Waals surface area contributed by atoms with Crippen LogP contribution in [-0.2, 0) is 19.1 Å². The number of benzene rings is 1. The summed E-state index contributed by atoms with van der Waals surface area (Å²) < 4.78 is 11.5. The van der Waals surface area contributed by atoms with Gasteiger partial charge in [-0.25, -0.2) is 0 Å². The molecule has 1 aromatic carbocycles. The van der Waals surface area contributed by atoms with E-state index in [0.717, 1.165) is 49.2 Å². The fraction of sp³-hybridized carbons (Fsp3) is 0.600. The highest BCUT2D eigenvalue weighted by atomic mass is 16.5. The molecule has 1 aliphatic carbocycles. The molecule has 0 spiro atoms. The number of ketones is 1. The fourth-order valence-electron chi connectivity index (χ4n) is 4.54. The Balaban J connectivity index is 1.97. The van der Waals surface area contributed by atoms with Gasteiger partial charge in [0.25, 0.3) is 0 Å². The van der Waals surface area contributed by atoms with E-state index < -0.39 is 5.41 Å². The van der Waals surface area contributed by atoms with E-state index in [0.29, 0.717) is 23.7 Å². The van der Waals surface area contributed by atoms with E-state index in [-0.39, 0.29) is 17.7 Å². The third kappa shape index (κ3) is 4.80. The van der Waals surface area contributed by atoms with Crippen LogP contribution in [0.2, 0.25) is 0 Å². The van der Waals surface area contributed by atoms with Gasteiger partial charge in [0.05, 0.1) is 11.0 Å². The SMILES string of the molecule is Cc1cc(C)c(C2=C(OC(=O)C(C)(C)C)CC(CC3CCCOC3)C2=O)c(C)c1. The molecule has 29 heavy (non-hydrogen) atoms. The number of esters is 1. The van der Waals surface area contributed by atoms with Crippen LogP contribution in [-0.4, -0.2) is 25.0 Å². The summed E-state index contributed by atoms with van der Waals surface area (Å²) in [5.74, 6) is 0.632. The van der Waals surface area contributed by atoms with E-state index >= 15 is 0 Å². The van der Waals surface area contributed by atoms with Gasteiger partial charge in [0, 0.05) is 25.6 Å². The molecule has 0 N–H and O–H groups in total. The van der Waals surface area contributed by atoms with Gasteiger partial charge in [-0.1, -0.05) is 17.7 Å². The number of ether oxygens (including phenoxy) is 2. The van der Waals surface area contributed by atoms with Crippen molar-refractivity contribution in [2.75, 3.05) is 13.2 Å². The molecular weight excluding hydrogens is 364 g/mol. The lowest BCUT2D eigenvalue weighted by molar-refractivity contribution is -0.148. The quantitative estimate of drug-likeness (QED) is 0.644. The molecule has 1 fully saturated rings. The van der Waals surface area contributed by atoms with Crippen LogP contribution in [0.1, 0.15) is 68.7 Å². The Bertz CT molecular complexity index is 812. The van der Waals surface area contributed by atoms with Crippen molar-refractivity contribution in [3.8, 4) is 0 Å². The molecule has 1 aromatic rings. The smallest absolute Gasteiger partial charge is 0.316 e. The first-order valence-corrected chi connectivity index (χ1v) is 10.7. The summed E-state index contributed by atoms with van der Waals surface area (Å²) in [6.45, 7) is 13.2. The summed E-state index contributed by atoms with van der Waals surface area (Å²) in [5, 5.41) is 0. The van der Waals surface area contributed by atoms with Gasteiger partial charge in [-0.05, 0) is 83.4 Å². The molecule has 1 aliphatic heterocycles. The van der Waals surface area contributed by atoms with Crippen molar-refractivity contribution in [1.82, 2.24) is 0 Å². The minimum absolute atomic E-state index is 0.113. The number of hydrogen-bond donors (Lipinski definition) is 0. The van der Waals surface area contributed by atoms with Crippen LogP contribution in [0.4, 0.5) is 0 Å². The second-order valence-corrected chi connectivity index (χ2v) is 9.80. The lowest BCUT2D eigenvalue weighted by Gasteiger charge is -2.24. The molecule has 1 heterocycles. The molecule has 158 valence electrons. The first-order chi connectivity index (χ1) is 13.6. The van der Waals surface area contributed by atoms with Gasteiger partial charge in [0.2, 0.25) is 0 Å². The highest BCUT2D eigenvalue weighted by Crippen LogP contribution is 2.42. The van der Waals surface area contributed by atoms with E-state index in [1.165, 1.54) is 5.56 Å². The van der Waals surface area contributed by atoms with Gasteiger partial charge < -0.3 is 9.47 Å². The van der Waals surface area contributed by atoms with Gasteiger partial charge >= 0.3 is 5.97 Å². The molecule has 4 nitrogen and oxygen atoms in total. The van der Waals surface area contributed by atoms with Crippen LogP contribution in [0.15, 0.2) is 17.9 Å². The maximum atomic E-state index is 13.5. The zero-order valence-electron chi connectivity index (χ0n) is 18.7. The maximum Gasteiger partial charge on any atom is 0.316 e. The van der Waals surface area contributed by atoms with Crippen LogP contribution < -0.4 is 0 Å². The summed E-state index contributed by atoms with van der Waals surface area (Å²) in [7, 11) is 0. The predicted molar refractivity (Wildman–Crippen MR) is 114 cm³/mol. The Morgan fingerprint density at radius 1 is 1.17 bits per heavy atom. The number of Topliss-reactive ketones (excluding diaryl/α,β-unsaturated/α-hetero) is 1. The Morgan fingerprint density at radius 2 is 1.83 bits per heavy atom. The number of carbonyl (C=O) groups is 2. The molecule has 0 aromatic heterocycles. The molecule has 4 heteroatoms. The average Bonchev–Trinajstić information content (AvgIpc) is 2.90. The number of allylic oxidation sites excluding steroid dienone is 2. The van der Waals surface area contributed by atoms with E-state index in [1.54, 1.807) is 0 Å². The van der Waals surface area contributed by atoms with Gasteiger partial charge in [-0.2, -0.15) is 0 Å². The van der Waals surface area contributed by atoms with Gasteiger partial charge in [0.1, 0.15) is 5.76 Å². The Labute approximate surface area is 174 Å². The molecule has 0 bridgehead atoms. The van der Waals surface area contributed by atoms with Crippen molar-refractivity contribution in [3.05, 3.63) is 40.1 Å². The summed E-state index contributed by atoms with van der Waals surface area (Å²) in [4.78, 5) is 26.2. The highest BCUT2D eigenvalue weighted by molar-refractivity contribution is 6.25. The molecule has 2 atom stereocenters. The second kappa shape index (κ2) is 8.43. The monoisotopic (exact) mass is 398 g/mol. The first-order valence-electron chi connectivity index (χ1n) is 10.7. The van der Waals surface area contributed by atoms with Gasteiger partial charge in [-0.3, -0.25) is 9.59 Å². The fourth-order valence-corrected chi connectivity index (χ4v) is 4.54. The molecule has 1 saturated heterocycles. The Hall–Kier alpha value is -1.94. The van der Waals surface area contributed by atoms with Crippen molar-refractivity contribution < 1.29 is 19.1 Å². The highest BCUT2D eigenvalue weighted by Gasteiger charge is 2.39. The third-order valence-corrected chi connectivity index (χ3v) is 5.96. The normalized spacial score (nSPS) is 22.9. The molecule has 0 saturated carbocycles. The van der Waals surface area contributed by atoms with Gasteiger partial charge in [0.15, 0.2) is 5.78 Å². The molecular formula is C25H34O4. The minimum Gasteiger partial charge on any atom is -0.430 e. The molecule has 0 amide bonds. The van der Waals surface area contributed by atoms with Crippen molar-refractivity contribution in [2.45, 2.75) is 67.2 Å². The minimum atomic E-state index is -0.617. The Kier molecular flexibility index (Phi) is 6.33. The number of rotatable bonds is 4. The molecule has 2 aliphatic rings. The first kappa shape index (κ1) is 21.8. The zero-order valence-corrected chi connectivity index (χ0v) is 18.7. The Morgan fingerprint density at radius 3 is 2.38 bits per heavy atom. The standard InChI is InChI=1S/C25H34O4/c1-15-10-16(2)21(17(3)11-15)22-20(29-24(27)25(4,5)6)13-19(23(22)26)12-18-8-7-9-28-14-18/h10-11,18-19H,7-9,12-14H2,1-6H3. The number of carbonyl (C=O) groups excluding carboxylic acids is 2. The average molecular weight is 399 g/mol. The van der Waals surface area contributed by atoms with Crippen LogP contribution in [0, 0.1) is 38.0 Å². The number of aryl methyl sites for hydroxylation is 3. The summed E-state index contributed by atoms with van der Waals surface area (Å²) in [6.07, 6.45) is 3.44. The van der Waals surface area contributed by atoms with E-state index in [1.807, 2.05) is 34.6 Å². The second-order valence-electron chi connectivity index (χ2n) is 9.80. The van der Waals surface area contributed by atoms with E-state index in [2.05, 4.69) is 19.1 Å². The molecule has 2 unspecified atom stereocenters. The summed E-state index contributed by atoms with van der Waals surface area (Å²) >= 11 is 0. The lowest BCUT2D eigenvalue weighted by atomic mass is 9.86. The molecule has 3 rings (SSSR count). The summed E-state index contributed by atoms with van der Waals surface area (Å²) in [6, 6.07) is 4.18. The van der Waals surface area contributed by atoms with Crippen molar-refractivity contribution in [1.29, 1.82) is 0 Å². The van der Waals surface area contributed by atoms with Crippen LogP contribution in [0.3, 0.4) is 0 Å².